The van der Waals surface area contributed by atoms with E-state index in [1.807, 2.05) is 54.6 Å². The molecule has 3 N–H and O–H groups in total. The van der Waals surface area contributed by atoms with Crippen LogP contribution in [0.2, 0.25) is 0 Å². The molecule has 1 aliphatic rings. The standard InChI is InChI=1S/C25H21N3O2/c29-23(26-19-8-2-1-3-9-19)16-30-20-14-12-18(13-15-20)25-27-21-10-4-6-17-7-5-11-22(28-25)24(17)21/h1-15,25,27-28H,16H2,(H,26,29). The fourth-order valence-electron chi connectivity index (χ4n) is 3.72. The Morgan fingerprint density at radius 1 is 0.800 bits per heavy atom. The molecule has 5 heteroatoms. The highest BCUT2D eigenvalue weighted by Gasteiger charge is 2.20. The predicted molar refractivity (Wildman–Crippen MR) is 121 cm³/mol. The molecule has 5 rings (SSSR count). The summed E-state index contributed by atoms with van der Waals surface area (Å²) in [6.45, 7) is -0.0382. The quantitative estimate of drug-likeness (QED) is 0.424. The molecule has 0 atom stereocenters. The lowest BCUT2D eigenvalue weighted by Gasteiger charge is -2.29. The number of benzene rings is 4. The molecule has 4 aromatic carbocycles. The summed E-state index contributed by atoms with van der Waals surface area (Å²) in [5.41, 5.74) is 4.07. The summed E-state index contributed by atoms with van der Waals surface area (Å²) in [7, 11) is 0. The highest BCUT2D eigenvalue weighted by Crippen LogP contribution is 2.38. The number of carbonyl (C=O) groups excluding carboxylic acids is 1. The van der Waals surface area contributed by atoms with Crippen molar-refractivity contribution in [3.05, 3.63) is 96.6 Å². The summed E-state index contributed by atoms with van der Waals surface area (Å²) in [5, 5.41) is 12.3. The third kappa shape index (κ3) is 3.65. The number of ether oxygens (including phenoxy) is 1. The van der Waals surface area contributed by atoms with E-state index in [4.69, 9.17) is 4.74 Å². The second-order valence-corrected chi connectivity index (χ2v) is 7.20. The van der Waals surface area contributed by atoms with Gasteiger partial charge in [0, 0.05) is 22.4 Å². The Morgan fingerprint density at radius 3 is 2.13 bits per heavy atom. The normalized spacial score (nSPS) is 12.7. The molecule has 1 aliphatic heterocycles. The van der Waals surface area contributed by atoms with Crippen molar-refractivity contribution in [3.63, 3.8) is 0 Å². The van der Waals surface area contributed by atoms with E-state index in [1.165, 1.54) is 10.8 Å². The first-order chi connectivity index (χ1) is 14.8. The number of anilines is 3. The zero-order valence-corrected chi connectivity index (χ0v) is 16.3. The van der Waals surface area contributed by atoms with Gasteiger partial charge >= 0.3 is 0 Å². The second-order valence-electron chi connectivity index (χ2n) is 7.20. The van der Waals surface area contributed by atoms with Crippen LogP contribution in [0.5, 0.6) is 5.75 Å². The van der Waals surface area contributed by atoms with Crippen LogP contribution in [0.15, 0.2) is 91.0 Å². The Labute approximate surface area is 174 Å². The van der Waals surface area contributed by atoms with Gasteiger partial charge in [0.2, 0.25) is 0 Å². The van der Waals surface area contributed by atoms with Gasteiger partial charge in [-0.3, -0.25) is 4.79 Å². The minimum atomic E-state index is -0.189. The zero-order chi connectivity index (χ0) is 20.3. The molecule has 4 aromatic rings. The molecular formula is C25H21N3O2. The van der Waals surface area contributed by atoms with E-state index < -0.39 is 0 Å². The van der Waals surface area contributed by atoms with E-state index in [9.17, 15) is 4.79 Å². The average molecular weight is 395 g/mol. The van der Waals surface area contributed by atoms with Crippen LogP contribution in [0.3, 0.4) is 0 Å². The largest absolute Gasteiger partial charge is 0.484 e. The Bertz CT molecular complexity index is 1150. The summed E-state index contributed by atoms with van der Waals surface area (Å²) in [4.78, 5) is 12.1. The molecule has 0 saturated heterocycles. The van der Waals surface area contributed by atoms with Gasteiger partial charge in [-0.15, -0.1) is 0 Å². The van der Waals surface area contributed by atoms with E-state index in [0.29, 0.717) is 5.75 Å². The molecule has 0 radical (unpaired) electrons. The first-order valence-corrected chi connectivity index (χ1v) is 9.89. The van der Waals surface area contributed by atoms with Crippen LogP contribution in [0.1, 0.15) is 11.7 Å². The van der Waals surface area contributed by atoms with E-state index in [-0.39, 0.29) is 18.7 Å². The maximum atomic E-state index is 12.1. The second kappa shape index (κ2) is 7.79. The fourth-order valence-corrected chi connectivity index (χ4v) is 3.72. The number of nitrogens with one attached hydrogen (secondary N) is 3. The maximum Gasteiger partial charge on any atom is 0.262 e. The summed E-state index contributed by atoms with van der Waals surface area (Å²) in [6.07, 6.45) is -0.0408. The van der Waals surface area contributed by atoms with Gasteiger partial charge in [-0.2, -0.15) is 0 Å². The SMILES string of the molecule is O=C(COc1ccc(C2Nc3cccc4cccc(c34)N2)cc1)Nc1ccccc1. The molecule has 0 bridgehead atoms. The van der Waals surface area contributed by atoms with Crippen LogP contribution in [0.25, 0.3) is 10.8 Å². The summed E-state index contributed by atoms with van der Waals surface area (Å²) >= 11 is 0. The van der Waals surface area contributed by atoms with E-state index in [2.05, 4.69) is 52.3 Å². The van der Waals surface area contributed by atoms with Crippen molar-refractivity contribution in [1.29, 1.82) is 0 Å². The number of para-hydroxylation sites is 1. The van der Waals surface area contributed by atoms with Crippen molar-refractivity contribution in [1.82, 2.24) is 0 Å². The van der Waals surface area contributed by atoms with E-state index >= 15 is 0 Å². The van der Waals surface area contributed by atoms with E-state index in [0.717, 1.165) is 22.6 Å². The zero-order valence-electron chi connectivity index (χ0n) is 16.3. The first-order valence-electron chi connectivity index (χ1n) is 9.89. The summed E-state index contributed by atoms with van der Waals surface area (Å²) in [5.74, 6) is 0.464. The number of hydrogen-bond donors (Lipinski definition) is 3. The van der Waals surface area contributed by atoms with Crippen molar-refractivity contribution in [2.45, 2.75) is 6.17 Å². The molecule has 0 unspecified atom stereocenters. The number of rotatable bonds is 5. The van der Waals surface area contributed by atoms with Gasteiger partial charge in [-0.25, -0.2) is 0 Å². The molecule has 0 aromatic heterocycles. The fraction of sp³-hybridized carbons (Fsp3) is 0.0800. The monoisotopic (exact) mass is 395 g/mol. The van der Waals surface area contributed by atoms with Crippen molar-refractivity contribution >= 4 is 33.7 Å². The number of amides is 1. The smallest absolute Gasteiger partial charge is 0.262 e. The Kier molecular flexibility index (Phi) is 4.69. The van der Waals surface area contributed by atoms with Gasteiger partial charge in [0.25, 0.3) is 5.91 Å². The number of carbonyl (C=O) groups is 1. The lowest BCUT2D eigenvalue weighted by molar-refractivity contribution is -0.118. The van der Waals surface area contributed by atoms with Crippen LogP contribution in [0, 0.1) is 0 Å². The summed E-state index contributed by atoms with van der Waals surface area (Å²) < 4.78 is 5.63. The van der Waals surface area contributed by atoms with Crippen LogP contribution in [-0.4, -0.2) is 12.5 Å². The Morgan fingerprint density at radius 2 is 1.47 bits per heavy atom. The molecule has 0 spiro atoms. The molecule has 5 nitrogen and oxygen atoms in total. The molecule has 1 heterocycles. The van der Waals surface area contributed by atoms with Crippen molar-refractivity contribution in [3.8, 4) is 5.75 Å². The third-order valence-corrected chi connectivity index (χ3v) is 5.15. The molecule has 0 aliphatic carbocycles. The molecule has 0 fully saturated rings. The minimum absolute atomic E-state index is 0.0382. The van der Waals surface area contributed by atoms with Gasteiger partial charge in [0.05, 0.1) is 0 Å². The van der Waals surface area contributed by atoms with E-state index in [1.54, 1.807) is 0 Å². The summed E-state index contributed by atoms with van der Waals surface area (Å²) in [6, 6.07) is 29.7. The lowest BCUT2D eigenvalue weighted by atomic mass is 10.0. The van der Waals surface area contributed by atoms with Crippen LogP contribution >= 0.6 is 0 Å². The van der Waals surface area contributed by atoms with Gasteiger partial charge in [-0.1, -0.05) is 54.6 Å². The maximum absolute atomic E-state index is 12.1. The topological polar surface area (TPSA) is 62.4 Å². The molecule has 30 heavy (non-hydrogen) atoms. The van der Waals surface area contributed by atoms with Gasteiger partial charge in [0.15, 0.2) is 6.61 Å². The van der Waals surface area contributed by atoms with Crippen molar-refractivity contribution < 1.29 is 9.53 Å². The average Bonchev–Trinajstić information content (AvgIpc) is 2.79. The van der Waals surface area contributed by atoms with Crippen molar-refractivity contribution in [2.24, 2.45) is 0 Å². The first kappa shape index (κ1) is 18.1. The van der Waals surface area contributed by atoms with Crippen molar-refractivity contribution in [2.75, 3.05) is 22.6 Å². The van der Waals surface area contributed by atoms with Crippen LogP contribution < -0.4 is 20.7 Å². The van der Waals surface area contributed by atoms with Gasteiger partial charge in [-0.05, 0) is 47.3 Å². The minimum Gasteiger partial charge on any atom is -0.484 e. The number of hydrogen-bond acceptors (Lipinski definition) is 4. The lowest BCUT2D eigenvalue weighted by Crippen LogP contribution is -2.23. The Balaban J connectivity index is 1.24. The van der Waals surface area contributed by atoms with Crippen LogP contribution in [-0.2, 0) is 4.79 Å². The van der Waals surface area contributed by atoms with Gasteiger partial charge < -0.3 is 20.7 Å². The predicted octanol–water partition coefficient (Wildman–Crippen LogP) is 5.39. The highest BCUT2D eigenvalue weighted by atomic mass is 16.5. The van der Waals surface area contributed by atoms with Crippen LogP contribution in [0.4, 0.5) is 17.1 Å². The molecule has 148 valence electrons. The highest BCUT2D eigenvalue weighted by molar-refractivity contribution is 6.04. The molecule has 1 amide bonds. The third-order valence-electron chi connectivity index (χ3n) is 5.15. The molecular weight excluding hydrogens is 374 g/mol. The van der Waals surface area contributed by atoms with Gasteiger partial charge in [0.1, 0.15) is 11.9 Å². The molecule has 0 saturated carbocycles. The Hall–Kier alpha value is -3.99.